The van der Waals surface area contributed by atoms with Gasteiger partial charge in [0.25, 0.3) is 0 Å². The van der Waals surface area contributed by atoms with Crippen LogP contribution >= 0.6 is 34.5 Å². The second kappa shape index (κ2) is 8.33. The zero-order valence-electron chi connectivity index (χ0n) is 13.2. The third kappa shape index (κ3) is 4.62. The van der Waals surface area contributed by atoms with Crippen molar-refractivity contribution >= 4 is 50.5 Å². The predicted molar refractivity (Wildman–Crippen MR) is 99.9 cm³/mol. The molecule has 0 N–H and O–H groups in total. The van der Waals surface area contributed by atoms with E-state index in [1.807, 2.05) is 0 Å². The van der Waals surface area contributed by atoms with Crippen LogP contribution in [0, 0.1) is 0 Å². The Labute approximate surface area is 160 Å². The van der Waals surface area contributed by atoms with Crippen LogP contribution in [-0.4, -0.2) is 32.3 Å². The molecular weight excluding hydrogens is 405 g/mol. The lowest BCUT2D eigenvalue weighted by atomic mass is 10.2. The highest BCUT2D eigenvalue weighted by Crippen LogP contribution is 2.29. The van der Waals surface area contributed by atoms with Crippen LogP contribution < -0.4 is 0 Å². The zero-order chi connectivity index (χ0) is 18.6. The van der Waals surface area contributed by atoms with E-state index in [9.17, 15) is 13.2 Å². The molecule has 134 valence electrons. The SMILES string of the molecule is C=CCN(Cc1ccc(Cl)s1)S(=O)(=O)c1cc(C(=O)OC)ccc1Cl. The standard InChI is InChI=1S/C16H15Cl2NO4S2/c1-3-8-19(10-12-5-7-15(18)24-12)25(21,22)14-9-11(16(20)23-2)4-6-13(14)17/h3-7,9H,1,8,10H2,2H3. The molecule has 0 amide bonds. The molecule has 1 heterocycles. The number of carbonyl (C=O) groups is 1. The summed E-state index contributed by atoms with van der Waals surface area (Å²) in [4.78, 5) is 12.3. The highest BCUT2D eigenvalue weighted by atomic mass is 35.5. The third-order valence-corrected chi connectivity index (χ3v) is 6.77. The fraction of sp³-hybridized carbons (Fsp3) is 0.188. The number of thiophene rings is 1. The normalized spacial score (nSPS) is 11.5. The molecule has 0 spiro atoms. The van der Waals surface area contributed by atoms with Gasteiger partial charge in [-0.3, -0.25) is 0 Å². The lowest BCUT2D eigenvalue weighted by Gasteiger charge is -2.21. The van der Waals surface area contributed by atoms with E-state index in [4.69, 9.17) is 23.2 Å². The first-order valence-corrected chi connectivity index (χ1v) is 10.0. The highest BCUT2D eigenvalue weighted by Gasteiger charge is 2.27. The summed E-state index contributed by atoms with van der Waals surface area (Å²) in [5, 5.41) is 0.0194. The fourth-order valence-electron chi connectivity index (χ4n) is 2.09. The molecule has 9 heteroatoms. The zero-order valence-corrected chi connectivity index (χ0v) is 16.4. The van der Waals surface area contributed by atoms with Crippen LogP contribution in [0.3, 0.4) is 0 Å². The van der Waals surface area contributed by atoms with E-state index in [1.54, 1.807) is 12.1 Å². The molecule has 0 saturated heterocycles. The van der Waals surface area contributed by atoms with E-state index >= 15 is 0 Å². The number of carbonyl (C=O) groups excluding carboxylic acids is 1. The van der Waals surface area contributed by atoms with Gasteiger partial charge in [-0.1, -0.05) is 29.3 Å². The molecule has 2 aromatic rings. The van der Waals surface area contributed by atoms with Crippen molar-refractivity contribution in [2.75, 3.05) is 13.7 Å². The maximum absolute atomic E-state index is 13.0. The van der Waals surface area contributed by atoms with Gasteiger partial charge in [-0.25, -0.2) is 13.2 Å². The quantitative estimate of drug-likeness (QED) is 0.497. The summed E-state index contributed by atoms with van der Waals surface area (Å²) in [6.07, 6.45) is 1.48. The smallest absolute Gasteiger partial charge is 0.337 e. The fourth-order valence-corrected chi connectivity index (χ4v) is 5.16. The average molecular weight is 420 g/mol. The van der Waals surface area contributed by atoms with Crippen LogP contribution in [0.4, 0.5) is 0 Å². The van der Waals surface area contributed by atoms with Gasteiger partial charge < -0.3 is 4.74 Å². The molecular formula is C16H15Cl2NO4S2. The Hall–Kier alpha value is -1.38. The van der Waals surface area contributed by atoms with E-state index < -0.39 is 16.0 Å². The maximum atomic E-state index is 13.0. The molecule has 0 aliphatic rings. The van der Waals surface area contributed by atoms with Crippen molar-refractivity contribution in [3.63, 3.8) is 0 Å². The first-order valence-electron chi connectivity index (χ1n) is 7.02. The van der Waals surface area contributed by atoms with E-state index in [0.29, 0.717) is 4.34 Å². The monoisotopic (exact) mass is 419 g/mol. The van der Waals surface area contributed by atoms with E-state index in [0.717, 1.165) is 4.88 Å². The number of nitrogens with zero attached hydrogens (tertiary/aromatic N) is 1. The van der Waals surface area contributed by atoms with Crippen LogP contribution in [0.1, 0.15) is 15.2 Å². The Morgan fingerprint density at radius 3 is 2.60 bits per heavy atom. The number of halogens is 2. The minimum Gasteiger partial charge on any atom is -0.465 e. The van der Waals surface area contributed by atoms with Crippen molar-refractivity contribution in [2.45, 2.75) is 11.4 Å². The number of benzene rings is 1. The number of ether oxygens (including phenoxy) is 1. The Balaban J connectivity index is 2.45. The Bertz CT molecular complexity index is 893. The van der Waals surface area contributed by atoms with Crippen LogP contribution in [0.5, 0.6) is 0 Å². The summed E-state index contributed by atoms with van der Waals surface area (Å²) in [5.74, 6) is -0.645. The molecule has 0 saturated carbocycles. The number of hydrogen-bond donors (Lipinski definition) is 0. The summed E-state index contributed by atoms with van der Waals surface area (Å²) < 4.78 is 32.5. The summed E-state index contributed by atoms with van der Waals surface area (Å²) in [7, 11) is -2.74. The first-order chi connectivity index (χ1) is 11.8. The summed E-state index contributed by atoms with van der Waals surface area (Å²) in [6, 6.07) is 7.43. The van der Waals surface area contributed by atoms with Gasteiger partial charge in [0.05, 0.1) is 22.0 Å². The number of sulfonamides is 1. The van der Waals surface area contributed by atoms with Gasteiger partial charge in [0, 0.05) is 18.0 Å². The van der Waals surface area contributed by atoms with Crippen molar-refractivity contribution in [1.82, 2.24) is 4.31 Å². The van der Waals surface area contributed by atoms with Crippen LogP contribution in [-0.2, 0) is 21.3 Å². The molecule has 5 nitrogen and oxygen atoms in total. The Morgan fingerprint density at radius 1 is 1.32 bits per heavy atom. The lowest BCUT2D eigenvalue weighted by Crippen LogP contribution is -2.31. The summed E-state index contributed by atoms with van der Waals surface area (Å²) in [6.45, 7) is 3.80. The molecule has 0 aliphatic carbocycles. The first kappa shape index (κ1) is 19.9. The average Bonchev–Trinajstić information content (AvgIpc) is 2.99. The minimum absolute atomic E-state index is 0.0194. The maximum Gasteiger partial charge on any atom is 0.337 e. The molecule has 0 bridgehead atoms. The number of hydrogen-bond acceptors (Lipinski definition) is 5. The largest absolute Gasteiger partial charge is 0.465 e. The summed E-state index contributed by atoms with van der Waals surface area (Å²) in [5.41, 5.74) is 0.100. The van der Waals surface area contributed by atoms with E-state index in [2.05, 4.69) is 11.3 Å². The van der Waals surface area contributed by atoms with Gasteiger partial charge >= 0.3 is 5.97 Å². The van der Waals surface area contributed by atoms with Gasteiger partial charge in [0.1, 0.15) is 4.90 Å². The molecule has 0 radical (unpaired) electrons. The second-order valence-corrected chi connectivity index (χ2v) is 9.04. The second-order valence-electron chi connectivity index (χ2n) is 4.93. The van der Waals surface area contributed by atoms with Gasteiger partial charge in [0.2, 0.25) is 10.0 Å². The molecule has 0 atom stereocenters. The highest BCUT2D eigenvalue weighted by molar-refractivity contribution is 7.89. The van der Waals surface area contributed by atoms with Gasteiger partial charge in [0.15, 0.2) is 0 Å². The Kier molecular flexibility index (Phi) is 6.65. The van der Waals surface area contributed by atoms with Crippen LogP contribution in [0.2, 0.25) is 9.36 Å². The Morgan fingerprint density at radius 2 is 2.04 bits per heavy atom. The van der Waals surface area contributed by atoms with Crippen molar-refractivity contribution in [3.8, 4) is 0 Å². The molecule has 1 aromatic carbocycles. The van der Waals surface area contributed by atoms with E-state index in [1.165, 1.54) is 47.0 Å². The van der Waals surface area contributed by atoms with E-state index in [-0.39, 0.29) is 28.6 Å². The predicted octanol–water partition coefficient (Wildman–Crippen LogP) is 4.22. The van der Waals surface area contributed by atoms with Crippen molar-refractivity contribution < 1.29 is 17.9 Å². The summed E-state index contributed by atoms with van der Waals surface area (Å²) >= 11 is 13.3. The number of rotatable bonds is 7. The molecule has 25 heavy (non-hydrogen) atoms. The van der Waals surface area contributed by atoms with Gasteiger partial charge in [-0.05, 0) is 30.3 Å². The van der Waals surface area contributed by atoms with Crippen molar-refractivity contribution in [3.05, 3.63) is 62.8 Å². The third-order valence-electron chi connectivity index (χ3n) is 3.26. The molecule has 0 unspecified atom stereocenters. The molecule has 1 aromatic heterocycles. The lowest BCUT2D eigenvalue weighted by molar-refractivity contribution is 0.0600. The minimum atomic E-state index is -3.96. The van der Waals surface area contributed by atoms with Crippen molar-refractivity contribution in [1.29, 1.82) is 0 Å². The molecule has 0 aliphatic heterocycles. The van der Waals surface area contributed by atoms with Crippen molar-refractivity contribution in [2.24, 2.45) is 0 Å². The number of esters is 1. The molecule has 0 fully saturated rings. The van der Waals surface area contributed by atoms with Crippen LogP contribution in [0.25, 0.3) is 0 Å². The number of methoxy groups -OCH3 is 1. The van der Waals surface area contributed by atoms with Gasteiger partial charge in [-0.15, -0.1) is 17.9 Å². The van der Waals surface area contributed by atoms with Crippen LogP contribution in [0.15, 0.2) is 47.9 Å². The molecule has 2 rings (SSSR count). The van der Waals surface area contributed by atoms with Gasteiger partial charge in [-0.2, -0.15) is 4.31 Å². The topological polar surface area (TPSA) is 63.7 Å².